The molecule has 0 bridgehead atoms. The highest BCUT2D eigenvalue weighted by atomic mass is 16.5. The van der Waals surface area contributed by atoms with Crippen LogP contribution in [0, 0.1) is 5.92 Å². The molecule has 0 spiro atoms. The number of likely N-dealkylation sites (tertiary alicyclic amines) is 1. The predicted octanol–water partition coefficient (Wildman–Crippen LogP) is 2.80. The summed E-state index contributed by atoms with van der Waals surface area (Å²) in [5, 5.41) is 4.79. The summed E-state index contributed by atoms with van der Waals surface area (Å²) in [4.78, 5) is 33.0. The van der Waals surface area contributed by atoms with Crippen molar-refractivity contribution in [2.75, 3.05) is 33.3 Å². The minimum atomic E-state index is -0.562. The molecule has 0 atom stereocenters. The molecule has 1 rings (SSSR count). The highest BCUT2D eigenvalue weighted by Crippen LogP contribution is 2.06. The summed E-state index contributed by atoms with van der Waals surface area (Å²) in [7, 11) is 1.27. The van der Waals surface area contributed by atoms with Crippen molar-refractivity contribution >= 4 is 18.4 Å². The van der Waals surface area contributed by atoms with Crippen LogP contribution in [0.5, 0.6) is 0 Å². The Hall–Kier alpha value is -1.79. The van der Waals surface area contributed by atoms with Crippen molar-refractivity contribution in [2.45, 2.75) is 60.8 Å². The van der Waals surface area contributed by atoms with Gasteiger partial charge >= 0.3 is 6.09 Å². The van der Waals surface area contributed by atoms with E-state index in [-0.39, 0.29) is 12.5 Å². The zero-order valence-corrected chi connectivity index (χ0v) is 17.2. The average Bonchev–Trinajstić information content (AvgIpc) is 3.08. The lowest BCUT2D eigenvalue weighted by atomic mass is 10.3. The fourth-order valence-corrected chi connectivity index (χ4v) is 1.38. The van der Waals surface area contributed by atoms with Gasteiger partial charge in [-0.05, 0) is 25.7 Å². The van der Waals surface area contributed by atoms with Crippen LogP contribution in [0.1, 0.15) is 60.8 Å². The molecule has 1 fully saturated rings. The summed E-state index contributed by atoms with van der Waals surface area (Å²) >= 11 is 0. The van der Waals surface area contributed by atoms with Gasteiger partial charge in [0.15, 0.2) is 0 Å². The molecule has 25 heavy (non-hydrogen) atoms. The van der Waals surface area contributed by atoms with Crippen LogP contribution in [-0.4, -0.2) is 56.6 Å². The van der Waals surface area contributed by atoms with Crippen LogP contribution in [-0.2, 0) is 14.3 Å². The molecule has 1 aliphatic heterocycles. The molecular formula is C18H39N3O4. The van der Waals surface area contributed by atoms with E-state index in [0.717, 1.165) is 38.4 Å². The topological polar surface area (TPSA) is 87.7 Å². The zero-order valence-electron chi connectivity index (χ0n) is 17.2. The van der Waals surface area contributed by atoms with E-state index in [4.69, 9.17) is 0 Å². The second-order valence-electron chi connectivity index (χ2n) is 6.05. The van der Waals surface area contributed by atoms with Gasteiger partial charge in [-0.3, -0.25) is 9.59 Å². The lowest BCUT2D eigenvalue weighted by Gasteiger charge is -2.14. The molecule has 1 heterocycles. The van der Waals surface area contributed by atoms with E-state index >= 15 is 0 Å². The fraction of sp³-hybridized carbons (Fsp3) is 0.833. The third-order valence-corrected chi connectivity index (χ3v) is 2.32. The molecule has 2 N–H and O–H groups in total. The molecule has 7 nitrogen and oxygen atoms in total. The maximum atomic E-state index is 11.3. The maximum Gasteiger partial charge on any atom is 0.407 e. The van der Waals surface area contributed by atoms with Gasteiger partial charge in [0, 0.05) is 19.6 Å². The number of nitrogens with one attached hydrogen (secondary N) is 2. The first-order valence-electron chi connectivity index (χ1n) is 9.07. The molecule has 0 aromatic heterocycles. The normalized spacial score (nSPS) is 11.6. The number of hydrogen-bond acceptors (Lipinski definition) is 4. The lowest BCUT2D eigenvalue weighted by molar-refractivity contribution is -0.129. The summed E-state index contributed by atoms with van der Waals surface area (Å²) in [5.74, 6) is 0.794. The summed E-state index contributed by atoms with van der Waals surface area (Å²) in [6, 6.07) is 0. The molecule has 3 amide bonds. The Kier molecular flexibility index (Phi) is 24.9. The van der Waals surface area contributed by atoms with Crippen molar-refractivity contribution in [3.63, 3.8) is 0 Å². The molecule has 7 heteroatoms. The Morgan fingerprint density at radius 1 is 1.12 bits per heavy atom. The van der Waals surface area contributed by atoms with Crippen LogP contribution in [0.25, 0.3) is 0 Å². The van der Waals surface area contributed by atoms with Gasteiger partial charge in [0.2, 0.25) is 12.3 Å². The minimum absolute atomic E-state index is 0.0344. The summed E-state index contributed by atoms with van der Waals surface area (Å²) in [6.07, 6.45) is 3.49. The number of hydrogen-bond donors (Lipinski definition) is 2. The van der Waals surface area contributed by atoms with Crippen LogP contribution in [0.2, 0.25) is 0 Å². The van der Waals surface area contributed by atoms with Crippen molar-refractivity contribution in [3.8, 4) is 0 Å². The average molecular weight is 362 g/mol. The van der Waals surface area contributed by atoms with Crippen LogP contribution in [0.4, 0.5) is 4.79 Å². The van der Waals surface area contributed by atoms with Crippen molar-refractivity contribution in [2.24, 2.45) is 5.92 Å². The number of carbonyl (C=O) groups is 3. The summed E-state index contributed by atoms with van der Waals surface area (Å²) < 4.78 is 4.34. The number of carbonyl (C=O) groups excluding carboxylic acids is 3. The highest BCUT2D eigenvalue weighted by Gasteiger charge is 2.17. The van der Waals surface area contributed by atoms with E-state index in [1.807, 2.05) is 6.92 Å². The van der Waals surface area contributed by atoms with Gasteiger partial charge in [0.05, 0.1) is 7.11 Å². The van der Waals surface area contributed by atoms with Gasteiger partial charge in [0.25, 0.3) is 0 Å². The van der Waals surface area contributed by atoms with Gasteiger partial charge in [-0.25, -0.2) is 4.79 Å². The Morgan fingerprint density at radius 2 is 1.56 bits per heavy atom. The van der Waals surface area contributed by atoms with Crippen molar-refractivity contribution < 1.29 is 19.1 Å². The molecule has 0 aromatic carbocycles. The standard InChI is InChI=1S/C8H14N2O3.C4H10.C3H7NO.C3H8/c1-13-8(12)9-6-7(11)10-4-2-3-5-10;1-4(2)3;1-2-4-3-5;1-3-2/h2-6H2,1H3,(H,9,12);4H,1-3H3;3H,2H2,1H3,(H,4,5);3H2,1-2H3. The molecular weight excluding hydrogens is 322 g/mol. The van der Waals surface area contributed by atoms with E-state index in [2.05, 4.69) is 50.0 Å². The van der Waals surface area contributed by atoms with Crippen molar-refractivity contribution in [3.05, 3.63) is 0 Å². The Balaban J connectivity index is -0.000000334. The van der Waals surface area contributed by atoms with Crippen molar-refractivity contribution in [1.82, 2.24) is 15.5 Å². The minimum Gasteiger partial charge on any atom is -0.453 e. The molecule has 0 radical (unpaired) electrons. The van der Waals surface area contributed by atoms with Crippen LogP contribution < -0.4 is 10.6 Å². The smallest absolute Gasteiger partial charge is 0.407 e. The van der Waals surface area contributed by atoms with Gasteiger partial charge in [-0.15, -0.1) is 0 Å². The molecule has 0 saturated carbocycles. The van der Waals surface area contributed by atoms with Gasteiger partial charge in [-0.2, -0.15) is 0 Å². The number of ether oxygens (including phenoxy) is 1. The molecule has 1 saturated heterocycles. The Labute approximate surface area is 153 Å². The first-order chi connectivity index (χ1) is 11.8. The summed E-state index contributed by atoms with van der Waals surface area (Å²) in [5.41, 5.74) is 0. The molecule has 1 aliphatic rings. The second kappa shape index (κ2) is 22.2. The first-order valence-corrected chi connectivity index (χ1v) is 9.07. The quantitative estimate of drug-likeness (QED) is 0.754. The molecule has 150 valence electrons. The van der Waals surface area contributed by atoms with E-state index in [0.29, 0.717) is 6.41 Å². The fourth-order valence-electron chi connectivity index (χ4n) is 1.38. The lowest BCUT2D eigenvalue weighted by Crippen LogP contribution is -2.38. The number of alkyl carbamates (subject to hydrolysis) is 1. The van der Waals surface area contributed by atoms with E-state index < -0.39 is 6.09 Å². The van der Waals surface area contributed by atoms with E-state index in [9.17, 15) is 14.4 Å². The second-order valence-corrected chi connectivity index (χ2v) is 6.05. The van der Waals surface area contributed by atoms with Crippen LogP contribution in [0.15, 0.2) is 0 Å². The summed E-state index contributed by atoms with van der Waals surface area (Å²) in [6.45, 7) is 15.0. The third-order valence-electron chi connectivity index (χ3n) is 2.32. The molecule has 0 aliphatic carbocycles. The highest BCUT2D eigenvalue weighted by molar-refractivity contribution is 5.82. The number of amides is 3. The van der Waals surface area contributed by atoms with E-state index in [1.165, 1.54) is 13.5 Å². The van der Waals surface area contributed by atoms with Crippen LogP contribution in [0.3, 0.4) is 0 Å². The van der Waals surface area contributed by atoms with Crippen LogP contribution >= 0.6 is 0 Å². The number of rotatable bonds is 4. The van der Waals surface area contributed by atoms with Gasteiger partial charge in [-0.1, -0.05) is 41.0 Å². The van der Waals surface area contributed by atoms with Gasteiger partial charge in [0.1, 0.15) is 6.54 Å². The Bertz CT molecular complexity index is 315. The predicted molar refractivity (Wildman–Crippen MR) is 102 cm³/mol. The SMILES string of the molecule is CC(C)C.CCC.CCNC=O.COC(=O)NCC(=O)N1CCCC1. The monoisotopic (exact) mass is 361 g/mol. The first kappa shape index (κ1) is 28.0. The van der Waals surface area contributed by atoms with E-state index in [1.54, 1.807) is 4.90 Å². The van der Waals surface area contributed by atoms with Gasteiger partial charge < -0.3 is 20.3 Å². The number of methoxy groups -OCH3 is 1. The Morgan fingerprint density at radius 3 is 1.84 bits per heavy atom. The zero-order chi connectivity index (χ0) is 20.1. The molecule has 0 unspecified atom stereocenters. The third kappa shape index (κ3) is 27.4. The number of nitrogens with zero attached hydrogens (tertiary/aromatic N) is 1. The van der Waals surface area contributed by atoms with Crippen molar-refractivity contribution in [1.29, 1.82) is 0 Å². The largest absolute Gasteiger partial charge is 0.453 e. The molecule has 0 aromatic rings. The maximum absolute atomic E-state index is 11.3.